The SMILES string of the molecule is O=C1C(=O)N(CCN2CCOCC2)C(c2ccc(Cl)cc2)/C1=C(\O)c1ccncc1. The molecule has 30 heavy (non-hydrogen) atoms. The van der Waals surface area contributed by atoms with Crippen LogP contribution in [0.1, 0.15) is 17.2 Å². The van der Waals surface area contributed by atoms with Crippen molar-refractivity contribution in [3.8, 4) is 0 Å². The number of aliphatic hydroxyl groups excluding tert-OH is 1. The second kappa shape index (κ2) is 8.95. The summed E-state index contributed by atoms with van der Waals surface area (Å²) < 4.78 is 5.37. The van der Waals surface area contributed by atoms with Crippen LogP contribution in [0.5, 0.6) is 0 Å². The smallest absolute Gasteiger partial charge is 0.295 e. The molecule has 2 aromatic rings. The van der Waals surface area contributed by atoms with E-state index in [1.54, 1.807) is 36.4 Å². The Balaban J connectivity index is 1.72. The van der Waals surface area contributed by atoms with Crippen LogP contribution in [0.3, 0.4) is 0 Å². The minimum Gasteiger partial charge on any atom is -0.507 e. The number of carbonyl (C=O) groups excluding carboxylic acids is 2. The Morgan fingerprint density at radius 3 is 2.40 bits per heavy atom. The van der Waals surface area contributed by atoms with Gasteiger partial charge in [0.15, 0.2) is 0 Å². The third-order valence-electron chi connectivity index (χ3n) is 5.44. The zero-order valence-electron chi connectivity index (χ0n) is 16.3. The van der Waals surface area contributed by atoms with Gasteiger partial charge in [0.2, 0.25) is 0 Å². The number of amides is 1. The number of aliphatic hydroxyl groups is 1. The summed E-state index contributed by atoms with van der Waals surface area (Å²) in [5.41, 5.74) is 1.24. The molecule has 1 N–H and O–H groups in total. The first-order valence-electron chi connectivity index (χ1n) is 9.80. The Morgan fingerprint density at radius 1 is 1.07 bits per heavy atom. The highest BCUT2D eigenvalue weighted by Gasteiger charge is 2.46. The molecule has 0 bridgehead atoms. The number of likely N-dealkylation sites (tertiary alicyclic amines) is 1. The van der Waals surface area contributed by atoms with Gasteiger partial charge in [-0.3, -0.25) is 19.5 Å². The number of nitrogens with zero attached hydrogens (tertiary/aromatic N) is 3. The molecule has 0 radical (unpaired) electrons. The number of hydrogen-bond acceptors (Lipinski definition) is 6. The number of morpholine rings is 1. The standard InChI is InChI=1S/C22H22ClN3O4/c23-17-3-1-15(2-4-17)19-18(20(27)16-5-7-24-8-6-16)21(28)22(29)26(19)10-9-25-11-13-30-14-12-25/h1-8,19,27H,9-14H2/b20-18+. The van der Waals surface area contributed by atoms with E-state index in [2.05, 4.69) is 9.88 Å². The van der Waals surface area contributed by atoms with Gasteiger partial charge in [-0.1, -0.05) is 23.7 Å². The molecule has 1 aromatic heterocycles. The molecular weight excluding hydrogens is 406 g/mol. The van der Waals surface area contributed by atoms with E-state index in [9.17, 15) is 14.7 Å². The Labute approximate surface area is 179 Å². The van der Waals surface area contributed by atoms with E-state index in [0.29, 0.717) is 36.9 Å². The van der Waals surface area contributed by atoms with Crippen molar-refractivity contribution in [2.75, 3.05) is 39.4 Å². The Kier molecular flexibility index (Phi) is 6.13. The fraction of sp³-hybridized carbons (Fsp3) is 0.318. The van der Waals surface area contributed by atoms with Gasteiger partial charge in [-0.05, 0) is 29.8 Å². The van der Waals surface area contributed by atoms with Crippen LogP contribution in [-0.4, -0.2) is 71.0 Å². The van der Waals surface area contributed by atoms with Crippen LogP contribution in [0.4, 0.5) is 0 Å². The largest absolute Gasteiger partial charge is 0.507 e. The number of ether oxygens (including phenoxy) is 1. The maximum Gasteiger partial charge on any atom is 0.295 e. The molecule has 2 aliphatic heterocycles. The maximum absolute atomic E-state index is 12.9. The van der Waals surface area contributed by atoms with Gasteiger partial charge >= 0.3 is 0 Å². The van der Waals surface area contributed by atoms with Crippen molar-refractivity contribution >= 4 is 29.1 Å². The molecular formula is C22H22ClN3O4. The summed E-state index contributed by atoms with van der Waals surface area (Å²) >= 11 is 6.04. The fourth-order valence-corrected chi connectivity index (χ4v) is 3.97. The molecule has 1 unspecified atom stereocenters. The molecule has 2 aliphatic rings. The second-order valence-corrected chi connectivity index (χ2v) is 7.67. The fourth-order valence-electron chi connectivity index (χ4n) is 3.84. The van der Waals surface area contributed by atoms with Gasteiger partial charge in [0.25, 0.3) is 11.7 Å². The van der Waals surface area contributed by atoms with Crippen LogP contribution in [-0.2, 0) is 14.3 Å². The van der Waals surface area contributed by atoms with Gasteiger partial charge in [-0.25, -0.2) is 0 Å². The lowest BCUT2D eigenvalue weighted by Crippen LogP contribution is -2.42. The van der Waals surface area contributed by atoms with Crippen LogP contribution in [0.2, 0.25) is 5.02 Å². The number of pyridine rings is 1. The number of halogens is 1. The molecule has 2 fully saturated rings. The lowest BCUT2D eigenvalue weighted by atomic mass is 9.95. The van der Waals surface area contributed by atoms with E-state index in [4.69, 9.17) is 16.3 Å². The number of benzene rings is 1. The molecule has 4 rings (SSSR count). The molecule has 2 saturated heterocycles. The predicted molar refractivity (Wildman–Crippen MR) is 112 cm³/mol. The average Bonchev–Trinajstić information content (AvgIpc) is 3.04. The maximum atomic E-state index is 12.9. The monoisotopic (exact) mass is 427 g/mol. The third kappa shape index (κ3) is 4.09. The average molecular weight is 428 g/mol. The normalized spacial score (nSPS) is 21.9. The summed E-state index contributed by atoms with van der Waals surface area (Å²) in [6.07, 6.45) is 3.06. The molecule has 0 saturated carbocycles. The number of Topliss-reactive ketones (excluding diaryl/α,β-unsaturated/α-hetero) is 1. The number of ketones is 1. The Morgan fingerprint density at radius 2 is 1.73 bits per heavy atom. The number of rotatable bonds is 5. The first-order chi connectivity index (χ1) is 14.6. The van der Waals surface area contributed by atoms with Gasteiger partial charge < -0.3 is 14.7 Å². The Bertz CT molecular complexity index is 956. The lowest BCUT2D eigenvalue weighted by molar-refractivity contribution is -0.140. The van der Waals surface area contributed by atoms with Gasteiger partial charge in [0, 0.05) is 49.2 Å². The van der Waals surface area contributed by atoms with E-state index >= 15 is 0 Å². The van der Waals surface area contributed by atoms with Crippen molar-refractivity contribution in [2.24, 2.45) is 0 Å². The second-order valence-electron chi connectivity index (χ2n) is 7.23. The number of carbonyl (C=O) groups is 2. The first-order valence-corrected chi connectivity index (χ1v) is 10.2. The van der Waals surface area contributed by atoms with Crippen molar-refractivity contribution in [3.63, 3.8) is 0 Å². The zero-order valence-corrected chi connectivity index (χ0v) is 17.1. The molecule has 7 nitrogen and oxygen atoms in total. The Hall–Kier alpha value is -2.74. The van der Waals surface area contributed by atoms with Crippen LogP contribution < -0.4 is 0 Å². The molecule has 0 spiro atoms. The van der Waals surface area contributed by atoms with Crippen molar-refractivity contribution in [1.29, 1.82) is 0 Å². The van der Waals surface area contributed by atoms with Crippen LogP contribution in [0, 0.1) is 0 Å². The summed E-state index contributed by atoms with van der Waals surface area (Å²) in [4.78, 5) is 33.6. The van der Waals surface area contributed by atoms with E-state index in [1.165, 1.54) is 17.3 Å². The van der Waals surface area contributed by atoms with Crippen molar-refractivity contribution in [1.82, 2.24) is 14.8 Å². The van der Waals surface area contributed by atoms with Gasteiger partial charge in [-0.2, -0.15) is 0 Å². The molecule has 8 heteroatoms. The molecule has 0 aliphatic carbocycles. The minimum absolute atomic E-state index is 0.0792. The third-order valence-corrected chi connectivity index (χ3v) is 5.69. The van der Waals surface area contributed by atoms with Crippen LogP contribution in [0.25, 0.3) is 5.76 Å². The van der Waals surface area contributed by atoms with Crippen LogP contribution in [0.15, 0.2) is 54.4 Å². The number of hydrogen-bond donors (Lipinski definition) is 1. The van der Waals surface area contributed by atoms with E-state index in [-0.39, 0.29) is 11.3 Å². The van der Waals surface area contributed by atoms with E-state index < -0.39 is 17.7 Å². The molecule has 1 atom stereocenters. The first kappa shape index (κ1) is 20.5. The van der Waals surface area contributed by atoms with Gasteiger partial charge in [0.05, 0.1) is 24.8 Å². The highest BCUT2D eigenvalue weighted by Crippen LogP contribution is 2.39. The lowest BCUT2D eigenvalue weighted by Gasteiger charge is -2.31. The quantitative estimate of drug-likeness (QED) is 0.448. The molecule has 1 amide bonds. The van der Waals surface area contributed by atoms with Crippen molar-refractivity contribution in [3.05, 3.63) is 70.5 Å². The molecule has 156 valence electrons. The minimum atomic E-state index is -0.689. The predicted octanol–water partition coefficient (Wildman–Crippen LogP) is 2.49. The van der Waals surface area contributed by atoms with Gasteiger partial charge in [0.1, 0.15) is 5.76 Å². The summed E-state index contributed by atoms with van der Waals surface area (Å²) in [7, 11) is 0. The summed E-state index contributed by atoms with van der Waals surface area (Å²) in [5, 5.41) is 11.5. The highest BCUT2D eigenvalue weighted by atomic mass is 35.5. The van der Waals surface area contributed by atoms with Crippen molar-refractivity contribution < 1.29 is 19.4 Å². The van der Waals surface area contributed by atoms with Gasteiger partial charge in [-0.15, -0.1) is 0 Å². The summed E-state index contributed by atoms with van der Waals surface area (Å²) in [5.74, 6) is -1.50. The van der Waals surface area contributed by atoms with E-state index in [1.807, 2.05) is 0 Å². The summed E-state index contributed by atoms with van der Waals surface area (Å²) in [6, 6.07) is 9.51. The topological polar surface area (TPSA) is 83.0 Å². The highest BCUT2D eigenvalue weighted by molar-refractivity contribution is 6.46. The van der Waals surface area contributed by atoms with Crippen molar-refractivity contribution in [2.45, 2.75) is 6.04 Å². The molecule has 1 aromatic carbocycles. The zero-order chi connectivity index (χ0) is 21.1. The summed E-state index contributed by atoms with van der Waals surface area (Å²) in [6.45, 7) is 3.86. The molecule has 3 heterocycles. The van der Waals surface area contributed by atoms with E-state index in [0.717, 1.165) is 18.7 Å². The number of aromatic nitrogens is 1. The van der Waals surface area contributed by atoms with Crippen LogP contribution >= 0.6 is 11.6 Å².